The minimum absolute atomic E-state index is 0.233. The Morgan fingerprint density at radius 2 is 0.771 bits per heavy atom. The van der Waals surface area contributed by atoms with Crippen LogP contribution in [0.4, 0.5) is 0 Å². The Labute approximate surface area is 289 Å². The van der Waals surface area contributed by atoms with Crippen molar-refractivity contribution in [3.63, 3.8) is 0 Å². The minimum Gasteiger partial charge on any atom is -0.466 e. The first-order valence-electron chi connectivity index (χ1n) is 17.4. The summed E-state index contributed by atoms with van der Waals surface area (Å²) in [6, 6.07) is 8.04. The molecule has 0 aliphatic heterocycles. The normalized spacial score (nSPS) is 12.5. The molecule has 0 unspecified atom stereocenters. The molecule has 2 aromatic rings. The average Bonchev–Trinajstić information content (AvgIpc) is 2.97. The molecule has 0 radical (unpaired) electrons. The van der Waals surface area contributed by atoms with E-state index in [0.29, 0.717) is 37.6 Å². The van der Waals surface area contributed by atoms with Crippen LogP contribution in [0.2, 0.25) is 0 Å². The van der Waals surface area contributed by atoms with E-state index in [4.69, 9.17) is 19.2 Å². The molecule has 0 heterocycles. The summed E-state index contributed by atoms with van der Waals surface area (Å²) in [7, 11) is 0. The molecule has 0 amide bonds. The highest BCUT2D eigenvalue weighted by atomic mass is 17.1. The van der Waals surface area contributed by atoms with Gasteiger partial charge in [-0.3, -0.25) is 9.59 Å². The van der Waals surface area contributed by atoms with Crippen LogP contribution in [0.25, 0.3) is 0 Å². The fourth-order valence-electron chi connectivity index (χ4n) is 5.66. The van der Waals surface area contributed by atoms with Gasteiger partial charge < -0.3 is 19.2 Å². The number of ether oxygens (including phenoxy) is 2. The second-order valence-corrected chi connectivity index (χ2v) is 17.1. The minimum atomic E-state index is -0.246. The summed E-state index contributed by atoms with van der Waals surface area (Å²) in [6.07, 6.45) is 4.89. The first-order chi connectivity index (χ1) is 22.1. The van der Waals surface area contributed by atoms with Crippen molar-refractivity contribution < 1.29 is 39.4 Å². The summed E-state index contributed by atoms with van der Waals surface area (Å²) in [5.41, 5.74) is 4.65. The van der Waals surface area contributed by atoms with Crippen LogP contribution in [0.15, 0.2) is 24.3 Å². The first kappa shape index (κ1) is 41.1. The number of rotatable bonds is 15. The number of esters is 2. The third-order valence-electron chi connectivity index (χ3n) is 8.51. The van der Waals surface area contributed by atoms with Crippen molar-refractivity contribution in [3.05, 3.63) is 57.6 Å². The number of hydrogen-bond acceptors (Lipinski definition) is 8. The van der Waals surface area contributed by atoms with Gasteiger partial charge in [0, 0.05) is 35.1 Å². The molecule has 8 nitrogen and oxygen atoms in total. The molecule has 270 valence electrons. The van der Waals surface area contributed by atoms with Crippen molar-refractivity contribution in [2.24, 2.45) is 0 Å². The van der Waals surface area contributed by atoms with E-state index in [1.54, 1.807) is 0 Å². The van der Waals surface area contributed by atoms with Gasteiger partial charge in [0.05, 0.1) is 13.2 Å². The van der Waals surface area contributed by atoms with E-state index < -0.39 is 0 Å². The molecule has 0 saturated carbocycles. The standard InChI is InChI=1S/C40H62O8/c1-37(2,3)29-23-27(24-30(35(29)47-43)38(4,5)6)17-19-33(41)45-21-15-13-14-16-22-46-34(42)20-18-28-25-31(39(7,8)9)36(48-44)32(26-28)40(10,11)12/h23-26,43-44H,13-22H2,1-12H3. The molecule has 0 atom stereocenters. The smallest absolute Gasteiger partial charge is 0.306 e. The van der Waals surface area contributed by atoms with Crippen molar-refractivity contribution in [2.45, 2.75) is 156 Å². The maximum absolute atomic E-state index is 12.5. The van der Waals surface area contributed by atoms with E-state index in [9.17, 15) is 20.1 Å². The summed E-state index contributed by atoms with van der Waals surface area (Å²) < 4.78 is 11.0. The van der Waals surface area contributed by atoms with E-state index in [0.717, 1.165) is 59.1 Å². The number of benzene rings is 2. The van der Waals surface area contributed by atoms with Crippen LogP contribution in [0, 0.1) is 0 Å². The van der Waals surface area contributed by atoms with Crippen LogP contribution in [0.5, 0.6) is 11.5 Å². The van der Waals surface area contributed by atoms with Crippen molar-refractivity contribution >= 4 is 11.9 Å². The maximum atomic E-state index is 12.5. The molecule has 2 N–H and O–H groups in total. The van der Waals surface area contributed by atoms with Gasteiger partial charge in [-0.2, -0.15) is 0 Å². The molecular weight excluding hydrogens is 608 g/mol. The molecular formula is C40H62O8. The van der Waals surface area contributed by atoms with Gasteiger partial charge in [-0.1, -0.05) is 107 Å². The number of carbonyl (C=O) groups is 2. The lowest BCUT2D eigenvalue weighted by atomic mass is 9.78. The topological polar surface area (TPSA) is 112 Å². The zero-order chi connectivity index (χ0) is 36.5. The van der Waals surface area contributed by atoms with Crippen molar-refractivity contribution in [2.75, 3.05) is 13.2 Å². The van der Waals surface area contributed by atoms with Crippen LogP contribution in [-0.2, 0) is 53.6 Å². The van der Waals surface area contributed by atoms with Gasteiger partial charge >= 0.3 is 11.9 Å². The zero-order valence-corrected chi connectivity index (χ0v) is 31.7. The molecule has 0 bridgehead atoms. The lowest BCUT2D eigenvalue weighted by Gasteiger charge is -2.29. The number of aryl methyl sites for hydroxylation is 2. The summed E-state index contributed by atoms with van der Waals surface area (Å²) >= 11 is 0. The van der Waals surface area contributed by atoms with Gasteiger partial charge in [0.2, 0.25) is 0 Å². The Bertz CT molecular complexity index is 1190. The van der Waals surface area contributed by atoms with E-state index in [2.05, 4.69) is 83.1 Å². The fraction of sp³-hybridized carbons (Fsp3) is 0.650. The molecule has 0 saturated heterocycles. The monoisotopic (exact) mass is 670 g/mol. The van der Waals surface area contributed by atoms with Crippen LogP contribution in [-0.4, -0.2) is 35.7 Å². The van der Waals surface area contributed by atoms with Gasteiger partial charge in [-0.05, 0) is 71.3 Å². The van der Waals surface area contributed by atoms with Crippen LogP contribution in [0.3, 0.4) is 0 Å². The average molecular weight is 671 g/mol. The van der Waals surface area contributed by atoms with Crippen molar-refractivity contribution in [1.29, 1.82) is 0 Å². The van der Waals surface area contributed by atoms with Gasteiger partial charge in [0.1, 0.15) is 0 Å². The van der Waals surface area contributed by atoms with E-state index in [1.807, 2.05) is 24.3 Å². The predicted molar refractivity (Wildman–Crippen MR) is 191 cm³/mol. The maximum Gasteiger partial charge on any atom is 0.306 e. The van der Waals surface area contributed by atoms with Crippen molar-refractivity contribution in [1.82, 2.24) is 0 Å². The molecule has 0 fully saturated rings. The SMILES string of the molecule is CC(C)(C)c1cc(CCC(=O)OCCCCCCOC(=O)CCc2cc(C(C)(C)C)c(OO)c(C(C)(C)C)c2)cc(C(C)(C)C)c1OO. The quantitative estimate of drug-likeness (QED) is 0.0834. The molecule has 0 aliphatic rings. The highest BCUT2D eigenvalue weighted by Gasteiger charge is 2.30. The largest absolute Gasteiger partial charge is 0.466 e. The Kier molecular flexibility index (Phi) is 14.6. The molecule has 8 heteroatoms. The van der Waals surface area contributed by atoms with Crippen LogP contribution < -0.4 is 9.78 Å². The van der Waals surface area contributed by atoms with Gasteiger partial charge in [0.25, 0.3) is 0 Å². The number of hydrogen-bond donors (Lipinski definition) is 2. The third kappa shape index (κ3) is 12.4. The number of carbonyl (C=O) groups excluding carboxylic acids is 2. The second kappa shape index (κ2) is 17.0. The molecule has 0 aliphatic carbocycles. The van der Waals surface area contributed by atoms with Gasteiger partial charge in [-0.15, -0.1) is 0 Å². The van der Waals surface area contributed by atoms with Crippen LogP contribution in [0.1, 0.15) is 155 Å². The summed E-state index contributed by atoms with van der Waals surface area (Å²) in [5, 5.41) is 19.3. The molecule has 2 aromatic carbocycles. The van der Waals surface area contributed by atoms with Gasteiger partial charge in [0.15, 0.2) is 11.5 Å². The molecule has 0 aromatic heterocycles. The van der Waals surface area contributed by atoms with Gasteiger partial charge in [-0.25, -0.2) is 10.5 Å². The summed E-state index contributed by atoms with van der Waals surface area (Å²) in [6.45, 7) is 25.6. The molecule has 2 rings (SSSR count). The third-order valence-corrected chi connectivity index (χ3v) is 8.51. The lowest BCUT2D eigenvalue weighted by molar-refractivity contribution is -0.145. The first-order valence-corrected chi connectivity index (χ1v) is 17.4. The van der Waals surface area contributed by atoms with E-state index in [-0.39, 0.29) is 46.4 Å². The lowest BCUT2D eigenvalue weighted by Crippen LogP contribution is -2.20. The highest BCUT2D eigenvalue weighted by molar-refractivity contribution is 5.70. The Balaban J connectivity index is 1.75. The molecule has 0 spiro atoms. The Hall–Kier alpha value is -3.10. The highest BCUT2D eigenvalue weighted by Crippen LogP contribution is 2.42. The Morgan fingerprint density at radius 1 is 0.500 bits per heavy atom. The summed E-state index contributed by atoms with van der Waals surface area (Å²) in [5.74, 6) is 0.510. The molecule has 48 heavy (non-hydrogen) atoms. The zero-order valence-electron chi connectivity index (χ0n) is 31.7. The fourth-order valence-corrected chi connectivity index (χ4v) is 5.66. The number of unbranched alkanes of at least 4 members (excludes halogenated alkanes) is 3. The van der Waals surface area contributed by atoms with E-state index >= 15 is 0 Å². The summed E-state index contributed by atoms with van der Waals surface area (Å²) in [4.78, 5) is 34.7. The second-order valence-electron chi connectivity index (χ2n) is 17.1. The predicted octanol–water partition coefficient (Wildman–Crippen LogP) is 9.79. The van der Waals surface area contributed by atoms with E-state index in [1.165, 1.54) is 0 Å². The Morgan fingerprint density at radius 3 is 1.00 bits per heavy atom. The van der Waals surface area contributed by atoms with Crippen LogP contribution >= 0.6 is 0 Å². The van der Waals surface area contributed by atoms with Crippen molar-refractivity contribution in [3.8, 4) is 11.5 Å².